The van der Waals surface area contributed by atoms with Gasteiger partial charge in [0.25, 0.3) is 0 Å². The van der Waals surface area contributed by atoms with Crippen LogP contribution in [0.15, 0.2) is 239 Å². The third-order valence-corrected chi connectivity index (χ3v) is 16.7. The fourth-order valence-corrected chi connectivity index (χ4v) is 13.3. The molecular formula is C55H53N3S2. The molecule has 5 aromatic rings. The lowest BCUT2D eigenvalue weighted by Gasteiger charge is -2.46. The van der Waals surface area contributed by atoms with Gasteiger partial charge in [-0.05, 0) is 95.5 Å². The largest absolute Gasteiger partial charge is 0.261 e. The topological polar surface area (TPSA) is 37.1 Å². The lowest BCUT2D eigenvalue weighted by Crippen LogP contribution is -2.26. The van der Waals surface area contributed by atoms with E-state index in [1.54, 1.807) is 11.8 Å². The van der Waals surface area contributed by atoms with Crippen molar-refractivity contribution in [3.63, 3.8) is 0 Å². The van der Waals surface area contributed by atoms with Crippen molar-refractivity contribution in [2.45, 2.75) is 66.2 Å². The van der Waals surface area contributed by atoms with Gasteiger partial charge in [-0.3, -0.25) is 4.99 Å². The Balaban J connectivity index is 1.08. The first-order valence-electron chi connectivity index (χ1n) is 20.8. The van der Waals surface area contributed by atoms with E-state index in [-0.39, 0.29) is 10.8 Å². The van der Waals surface area contributed by atoms with E-state index in [0.717, 1.165) is 42.4 Å². The van der Waals surface area contributed by atoms with Gasteiger partial charge in [0, 0.05) is 36.6 Å². The molecule has 5 heteroatoms. The van der Waals surface area contributed by atoms with Crippen molar-refractivity contribution in [3.8, 4) is 0 Å². The summed E-state index contributed by atoms with van der Waals surface area (Å²) in [6, 6.07) is 49.4. The lowest BCUT2D eigenvalue weighted by atomic mass is 9.69. The molecular weight excluding hydrogens is 767 g/mol. The molecule has 5 aromatic carbocycles. The second-order valence-corrected chi connectivity index (χ2v) is 20.0. The number of nitrogens with zero attached hydrogens (tertiary/aromatic N) is 3. The second kappa shape index (κ2) is 18.3. The Morgan fingerprint density at radius 3 is 1.82 bits per heavy atom. The standard InChI is InChI=1S/C55H53N3S2/c1-54(38-34-49(35-39-54)60(46-24-14-7-15-25-46,47-26-16-8-17-27-47)48-28-18-9-19-29-48)45-32-36-55(2,37-33-45)50-31-30-44(40-51(50)59-4)53(57-41-42-20-10-5-11-21-42)58-52(56-3)43-22-12-6-13-23-43/h5-8,10-18,20-36,38,40H,3,9,19,37,39,41H2,1-2,4H3/b57-53-,58-52-. The Bertz CT molecular complexity index is 2540. The summed E-state index contributed by atoms with van der Waals surface area (Å²) in [5.74, 6) is 1.20. The van der Waals surface area contributed by atoms with E-state index in [2.05, 4.69) is 177 Å². The Labute approximate surface area is 362 Å². The van der Waals surface area contributed by atoms with Gasteiger partial charge < -0.3 is 0 Å². The van der Waals surface area contributed by atoms with Gasteiger partial charge in [0.2, 0.25) is 0 Å². The maximum Gasteiger partial charge on any atom is 0.161 e. The van der Waals surface area contributed by atoms with E-state index in [1.807, 2.05) is 48.5 Å². The van der Waals surface area contributed by atoms with E-state index in [1.165, 1.54) is 35.6 Å². The fraction of sp³-hybridized carbons (Fsp3) is 0.182. The van der Waals surface area contributed by atoms with Crippen molar-refractivity contribution in [3.05, 3.63) is 232 Å². The first-order valence-corrected chi connectivity index (χ1v) is 23.7. The number of thioether (sulfide) groups is 1. The smallest absolute Gasteiger partial charge is 0.161 e. The Morgan fingerprint density at radius 2 is 1.25 bits per heavy atom. The van der Waals surface area contributed by atoms with Crippen LogP contribution >= 0.6 is 21.8 Å². The maximum absolute atomic E-state index is 5.06. The predicted molar refractivity (Wildman–Crippen MR) is 260 cm³/mol. The van der Waals surface area contributed by atoms with Gasteiger partial charge >= 0.3 is 0 Å². The van der Waals surface area contributed by atoms with Gasteiger partial charge in [-0.25, -0.2) is 9.98 Å². The normalized spacial score (nSPS) is 20.9. The third-order valence-electron chi connectivity index (χ3n) is 12.0. The quantitative estimate of drug-likeness (QED) is 0.0743. The molecule has 0 spiro atoms. The predicted octanol–water partition coefficient (Wildman–Crippen LogP) is 14.7. The van der Waals surface area contributed by atoms with Crippen LogP contribution in [-0.2, 0) is 12.0 Å². The number of aliphatic imine (C=N–C) groups is 3. The van der Waals surface area contributed by atoms with Crippen molar-refractivity contribution in [1.82, 2.24) is 0 Å². The summed E-state index contributed by atoms with van der Waals surface area (Å²) < 4.78 is 0. The van der Waals surface area contributed by atoms with Gasteiger partial charge in [-0.2, -0.15) is 0 Å². The molecule has 2 unspecified atom stereocenters. The van der Waals surface area contributed by atoms with E-state index in [9.17, 15) is 0 Å². The molecule has 3 aliphatic carbocycles. The maximum atomic E-state index is 5.06. The van der Waals surface area contributed by atoms with Gasteiger partial charge in [0.15, 0.2) is 11.7 Å². The van der Waals surface area contributed by atoms with E-state index < -0.39 is 10.0 Å². The van der Waals surface area contributed by atoms with E-state index in [4.69, 9.17) is 9.98 Å². The van der Waals surface area contributed by atoms with Crippen LogP contribution in [0.5, 0.6) is 0 Å². The van der Waals surface area contributed by atoms with Crippen LogP contribution < -0.4 is 0 Å². The average molecular weight is 820 g/mol. The zero-order valence-electron chi connectivity index (χ0n) is 34.9. The number of amidine groups is 2. The minimum absolute atomic E-state index is 0.110. The molecule has 3 aliphatic rings. The molecule has 300 valence electrons. The minimum atomic E-state index is -1.67. The second-order valence-electron chi connectivity index (χ2n) is 16.0. The molecule has 0 heterocycles. The van der Waals surface area contributed by atoms with Crippen LogP contribution in [0.4, 0.5) is 0 Å². The molecule has 0 N–H and O–H groups in total. The van der Waals surface area contributed by atoms with Crippen molar-refractivity contribution in [2.24, 2.45) is 20.4 Å². The van der Waals surface area contributed by atoms with Crippen LogP contribution in [0.3, 0.4) is 0 Å². The summed E-state index contributed by atoms with van der Waals surface area (Å²) in [6.07, 6.45) is 28.3. The fourth-order valence-electron chi connectivity index (χ4n) is 8.51. The molecule has 0 saturated heterocycles. The van der Waals surface area contributed by atoms with Crippen molar-refractivity contribution in [2.75, 3.05) is 6.26 Å². The first-order chi connectivity index (χ1) is 29.4. The van der Waals surface area contributed by atoms with Crippen molar-refractivity contribution >= 4 is 40.2 Å². The summed E-state index contributed by atoms with van der Waals surface area (Å²) in [6.45, 7) is 9.14. The number of hydrogen-bond donors (Lipinski definition) is 0. The Morgan fingerprint density at radius 1 is 0.633 bits per heavy atom. The molecule has 0 bridgehead atoms. The molecule has 3 nitrogen and oxygen atoms in total. The monoisotopic (exact) mass is 819 g/mol. The highest BCUT2D eigenvalue weighted by atomic mass is 32.3. The first kappa shape index (κ1) is 41.0. The minimum Gasteiger partial charge on any atom is -0.261 e. The number of allylic oxidation sites excluding steroid dienone is 10. The van der Waals surface area contributed by atoms with Crippen LogP contribution in [0.2, 0.25) is 0 Å². The Kier molecular flexibility index (Phi) is 12.5. The van der Waals surface area contributed by atoms with Crippen LogP contribution in [0.1, 0.15) is 61.8 Å². The highest BCUT2D eigenvalue weighted by molar-refractivity contribution is 8.40. The average Bonchev–Trinajstić information content (AvgIpc) is 3.31. The lowest BCUT2D eigenvalue weighted by molar-refractivity contribution is 0.506. The van der Waals surface area contributed by atoms with Crippen LogP contribution in [-0.4, -0.2) is 24.6 Å². The van der Waals surface area contributed by atoms with Crippen molar-refractivity contribution < 1.29 is 0 Å². The summed E-state index contributed by atoms with van der Waals surface area (Å²) >= 11 is 1.77. The number of hydrogen-bond acceptors (Lipinski definition) is 2. The zero-order valence-corrected chi connectivity index (χ0v) is 36.5. The van der Waals surface area contributed by atoms with E-state index in [0.29, 0.717) is 18.2 Å². The van der Waals surface area contributed by atoms with Gasteiger partial charge in [0.1, 0.15) is 0 Å². The zero-order chi connectivity index (χ0) is 41.4. The van der Waals surface area contributed by atoms with Gasteiger partial charge in [0.05, 0.1) is 6.54 Å². The van der Waals surface area contributed by atoms with Crippen LogP contribution in [0.25, 0.3) is 0 Å². The highest BCUT2D eigenvalue weighted by Crippen LogP contribution is 2.75. The highest BCUT2D eigenvalue weighted by Gasteiger charge is 2.39. The SMILES string of the molecule is C=N/C(=N\C(=N/Cc1ccccc1)c1ccc(C2(C)C=CC(C3(C)C=CC(S(C4=CCCC=C4)(c4ccccc4)c4ccccc4)=CC3)=CC2)c(SC)c1)c1ccccc1. The molecule has 8 rings (SSSR count). The molecule has 0 amide bonds. The van der Waals surface area contributed by atoms with Gasteiger partial charge in [-0.15, -0.1) is 21.8 Å². The molecule has 0 fully saturated rings. The molecule has 0 saturated carbocycles. The summed E-state index contributed by atoms with van der Waals surface area (Å²) in [7, 11) is -1.67. The van der Waals surface area contributed by atoms with Crippen LogP contribution in [0, 0.1) is 5.41 Å². The number of rotatable bonds is 11. The van der Waals surface area contributed by atoms with Crippen molar-refractivity contribution in [1.29, 1.82) is 0 Å². The third kappa shape index (κ3) is 8.34. The summed E-state index contributed by atoms with van der Waals surface area (Å²) in [5, 5.41) is 0. The molecule has 0 aromatic heterocycles. The summed E-state index contributed by atoms with van der Waals surface area (Å²) in [4.78, 5) is 21.2. The Hall–Kier alpha value is -5.75. The molecule has 2 atom stereocenters. The van der Waals surface area contributed by atoms with E-state index >= 15 is 0 Å². The number of benzene rings is 5. The molecule has 0 aliphatic heterocycles. The molecule has 60 heavy (non-hydrogen) atoms. The van der Waals surface area contributed by atoms with Gasteiger partial charge in [-0.1, -0.05) is 178 Å². The molecule has 0 radical (unpaired) electrons. The summed E-state index contributed by atoms with van der Waals surface area (Å²) in [5.41, 5.74) is 5.40.